The highest BCUT2D eigenvalue weighted by atomic mass is 32.2. The molecule has 0 aromatic carbocycles. The average molecular weight is 306 g/mol. The third-order valence-electron chi connectivity index (χ3n) is 3.83. The summed E-state index contributed by atoms with van der Waals surface area (Å²) in [5.74, 6) is 0.703. The molecule has 3 heterocycles. The SMILES string of the molecule is Cc1ccsc1/C=C1\SC(N2CCC(C)CC2)=NC1=O. The normalized spacial score (nSPS) is 22.7. The van der Waals surface area contributed by atoms with Crippen LogP contribution in [0.2, 0.25) is 0 Å². The van der Waals surface area contributed by atoms with Gasteiger partial charge in [0.25, 0.3) is 5.91 Å². The third-order valence-corrected chi connectivity index (χ3v) is 5.84. The van der Waals surface area contributed by atoms with Gasteiger partial charge in [-0.2, -0.15) is 4.99 Å². The predicted octanol–water partition coefficient (Wildman–Crippen LogP) is 3.76. The molecule has 1 aromatic heterocycles. The number of thiophene rings is 1. The molecule has 5 heteroatoms. The molecule has 0 atom stereocenters. The van der Waals surface area contributed by atoms with Crippen molar-refractivity contribution in [2.75, 3.05) is 13.1 Å². The van der Waals surface area contributed by atoms with E-state index in [-0.39, 0.29) is 5.91 Å². The summed E-state index contributed by atoms with van der Waals surface area (Å²) in [6, 6.07) is 2.08. The third kappa shape index (κ3) is 2.83. The van der Waals surface area contributed by atoms with E-state index in [9.17, 15) is 4.79 Å². The first-order chi connectivity index (χ1) is 9.63. The van der Waals surface area contributed by atoms with Crippen molar-refractivity contribution in [1.29, 1.82) is 0 Å². The van der Waals surface area contributed by atoms with Crippen LogP contribution in [0.1, 0.15) is 30.2 Å². The van der Waals surface area contributed by atoms with Gasteiger partial charge in [0, 0.05) is 18.0 Å². The zero-order chi connectivity index (χ0) is 14.1. The Morgan fingerprint density at radius 1 is 1.40 bits per heavy atom. The van der Waals surface area contributed by atoms with Crippen LogP contribution in [-0.2, 0) is 4.79 Å². The molecule has 1 fully saturated rings. The molecule has 0 spiro atoms. The van der Waals surface area contributed by atoms with Crippen molar-refractivity contribution in [2.45, 2.75) is 26.7 Å². The monoisotopic (exact) mass is 306 g/mol. The first kappa shape index (κ1) is 13.9. The number of nitrogens with zero attached hydrogens (tertiary/aromatic N) is 2. The number of likely N-dealkylation sites (tertiary alicyclic amines) is 1. The minimum atomic E-state index is -0.0866. The molecular formula is C15H18N2OS2. The number of aryl methyl sites for hydroxylation is 1. The Labute approximate surface area is 127 Å². The minimum Gasteiger partial charge on any atom is -0.351 e. The van der Waals surface area contributed by atoms with Crippen LogP contribution >= 0.6 is 23.1 Å². The van der Waals surface area contributed by atoms with Gasteiger partial charge in [-0.3, -0.25) is 4.79 Å². The van der Waals surface area contributed by atoms with E-state index in [1.165, 1.54) is 30.2 Å². The molecule has 0 unspecified atom stereocenters. The van der Waals surface area contributed by atoms with Crippen molar-refractivity contribution in [3.05, 3.63) is 26.8 Å². The van der Waals surface area contributed by atoms with Crippen molar-refractivity contribution < 1.29 is 4.79 Å². The first-order valence-electron chi connectivity index (χ1n) is 6.95. The van der Waals surface area contributed by atoms with Crippen molar-refractivity contribution >= 4 is 40.2 Å². The van der Waals surface area contributed by atoms with E-state index in [4.69, 9.17) is 0 Å². The summed E-state index contributed by atoms with van der Waals surface area (Å²) >= 11 is 3.20. The van der Waals surface area contributed by atoms with Gasteiger partial charge >= 0.3 is 0 Å². The molecule has 0 aliphatic carbocycles. The van der Waals surface area contributed by atoms with Gasteiger partial charge in [-0.25, -0.2) is 0 Å². The zero-order valence-electron chi connectivity index (χ0n) is 11.8. The first-order valence-corrected chi connectivity index (χ1v) is 8.64. The van der Waals surface area contributed by atoms with E-state index in [2.05, 4.69) is 35.2 Å². The van der Waals surface area contributed by atoms with Gasteiger partial charge in [0.1, 0.15) is 0 Å². The van der Waals surface area contributed by atoms with E-state index < -0.39 is 0 Å². The summed E-state index contributed by atoms with van der Waals surface area (Å²) < 4.78 is 0. The van der Waals surface area contributed by atoms with Crippen LogP contribution < -0.4 is 0 Å². The van der Waals surface area contributed by atoms with Crippen molar-refractivity contribution in [3.63, 3.8) is 0 Å². The van der Waals surface area contributed by atoms with E-state index in [0.29, 0.717) is 0 Å². The number of thioether (sulfide) groups is 1. The van der Waals surface area contributed by atoms with Crippen molar-refractivity contribution in [1.82, 2.24) is 4.90 Å². The standard InChI is InChI=1S/C15H18N2OS2/c1-10-3-6-17(7-4-10)15-16-14(18)13(20-15)9-12-11(2)5-8-19-12/h5,8-10H,3-4,6-7H2,1-2H3/b13-9-. The minimum absolute atomic E-state index is 0.0866. The number of aliphatic imine (C=N–C) groups is 1. The Morgan fingerprint density at radius 3 is 2.80 bits per heavy atom. The average Bonchev–Trinajstić information content (AvgIpc) is 2.99. The second-order valence-electron chi connectivity index (χ2n) is 5.45. The summed E-state index contributed by atoms with van der Waals surface area (Å²) in [6.07, 6.45) is 4.36. The number of hydrogen-bond donors (Lipinski definition) is 0. The molecule has 0 bridgehead atoms. The lowest BCUT2D eigenvalue weighted by Crippen LogP contribution is -2.35. The lowest BCUT2D eigenvalue weighted by atomic mass is 10.00. The van der Waals surface area contributed by atoms with Crippen molar-refractivity contribution in [3.8, 4) is 0 Å². The maximum atomic E-state index is 12.0. The van der Waals surface area contributed by atoms with E-state index in [1.807, 2.05) is 6.08 Å². The topological polar surface area (TPSA) is 32.7 Å². The molecule has 3 rings (SSSR count). The fourth-order valence-corrected chi connectivity index (χ4v) is 4.26. The zero-order valence-corrected chi connectivity index (χ0v) is 13.4. The lowest BCUT2D eigenvalue weighted by molar-refractivity contribution is -0.113. The quantitative estimate of drug-likeness (QED) is 0.741. The van der Waals surface area contributed by atoms with Crippen LogP contribution in [0, 0.1) is 12.8 Å². The van der Waals surface area contributed by atoms with Gasteiger partial charge in [-0.05, 0) is 60.5 Å². The summed E-state index contributed by atoms with van der Waals surface area (Å²) in [5.41, 5.74) is 1.22. The molecule has 0 radical (unpaired) electrons. The highest BCUT2D eigenvalue weighted by Gasteiger charge is 2.28. The number of rotatable bonds is 1. The molecule has 20 heavy (non-hydrogen) atoms. The summed E-state index contributed by atoms with van der Waals surface area (Å²) in [6.45, 7) is 6.40. The Bertz CT molecular complexity index is 580. The predicted molar refractivity (Wildman–Crippen MR) is 87.0 cm³/mol. The fourth-order valence-electron chi connectivity index (χ4n) is 2.38. The number of carbonyl (C=O) groups is 1. The second kappa shape index (κ2) is 5.74. The smallest absolute Gasteiger partial charge is 0.286 e. The molecule has 1 saturated heterocycles. The molecule has 2 aliphatic rings. The van der Waals surface area contributed by atoms with Gasteiger partial charge in [0.05, 0.1) is 4.91 Å². The molecule has 0 N–H and O–H groups in total. The van der Waals surface area contributed by atoms with Gasteiger partial charge in [0.2, 0.25) is 0 Å². The number of amides is 1. The Hall–Kier alpha value is -1.07. The van der Waals surface area contributed by atoms with E-state index in [1.54, 1.807) is 11.3 Å². The highest BCUT2D eigenvalue weighted by Crippen LogP contribution is 2.33. The molecule has 1 amide bonds. The van der Waals surface area contributed by atoms with Crippen LogP contribution in [0.3, 0.4) is 0 Å². The maximum absolute atomic E-state index is 12.0. The van der Waals surface area contributed by atoms with Crippen LogP contribution in [0.4, 0.5) is 0 Å². The summed E-state index contributed by atoms with van der Waals surface area (Å²) in [7, 11) is 0. The Kier molecular flexibility index (Phi) is 3.98. The summed E-state index contributed by atoms with van der Waals surface area (Å²) in [5, 5.41) is 2.95. The number of hydrogen-bond acceptors (Lipinski definition) is 4. The van der Waals surface area contributed by atoms with E-state index in [0.717, 1.165) is 34.0 Å². The van der Waals surface area contributed by atoms with Crippen LogP contribution in [-0.4, -0.2) is 29.1 Å². The number of amidine groups is 1. The van der Waals surface area contributed by atoms with Gasteiger partial charge in [0.15, 0.2) is 5.17 Å². The second-order valence-corrected chi connectivity index (χ2v) is 7.40. The number of carbonyl (C=O) groups excluding carboxylic acids is 1. The molecule has 2 aliphatic heterocycles. The largest absolute Gasteiger partial charge is 0.351 e. The molecule has 0 saturated carbocycles. The Morgan fingerprint density at radius 2 is 2.15 bits per heavy atom. The van der Waals surface area contributed by atoms with Crippen molar-refractivity contribution in [2.24, 2.45) is 10.9 Å². The number of piperidine rings is 1. The molecular weight excluding hydrogens is 288 g/mol. The van der Waals surface area contributed by atoms with Crippen LogP contribution in [0.25, 0.3) is 6.08 Å². The molecule has 106 valence electrons. The fraction of sp³-hybridized carbons (Fsp3) is 0.467. The van der Waals surface area contributed by atoms with E-state index >= 15 is 0 Å². The van der Waals surface area contributed by atoms with Gasteiger partial charge in [-0.1, -0.05) is 6.92 Å². The van der Waals surface area contributed by atoms with Gasteiger partial charge in [-0.15, -0.1) is 11.3 Å². The Balaban J connectivity index is 1.73. The molecule has 1 aromatic rings. The van der Waals surface area contributed by atoms with Crippen LogP contribution in [0.15, 0.2) is 21.3 Å². The molecule has 3 nitrogen and oxygen atoms in total. The van der Waals surface area contributed by atoms with Gasteiger partial charge < -0.3 is 4.90 Å². The highest BCUT2D eigenvalue weighted by molar-refractivity contribution is 8.18. The lowest BCUT2D eigenvalue weighted by Gasteiger charge is -2.30. The maximum Gasteiger partial charge on any atom is 0.286 e. The summed E-state index contributed by atoms with van der Waals surface area (Å²) in [4.78, 5) is 20.4. The van der Waals surface area contributed by atoms with Crippen LogP contribution in [0.5, 0.6) is 0 Å².